The van der Waals surface area contributed by atoms with Gasteiger partial charge in [0.25, 0.3) is 0 Å². The largest absolute Gasteiger partial charge is 0.375 e. The van der Waals surface area contributed by atoms with Gasteiger partial charge in [0.15, 0.2) is 0 Å². The predicted molar refractivity (Wildman–Crippen MR) is 94.3 cm³/mol. The minimum Gasteiger partial charge on any atom is -0.342 e. The van der Waals surface area contributed by atoms with E-state index in [1.54, 1.807) is 4.90 Å². The maximum Gasteiger partial charge on any atom is 0.375 e. The Labute approximate surface area is 143 Å². The van der Waals surface area contributed by atoms with Crippen LogP contribution in [0.2, 0.25) is 0 Å². The molecule has 0 fully saturated rings. The van der Waals surface area contributed by atoms with Gasteiger partial charge in [-0.1, -0.05) is 60.7 Å². The average molecular weight is 336 g/mol. The van der Waals surface area contributed by atoms with Crippen LogP contribution in [0.3, 0.4) is 0 Å². The molecule has 0 radical (unpaired) electrons. The Kier molecular flexibility index (Phi) is 4.84. The van der Waals surface area contributed by atoms with Crippen LogP contribution in [0.1, 0.15) is 11.1 Å². The highest BCUT2D eigenvalue weighted by atomic mass is 16.6. The molecular weight excluding hydrogens is 320 g/mol. The van der Waals surface area contributed by atoms with Gasteiger partial charge in [0.2, 0.25) is 5.82 Å². The number of nitrogens with zero attached hydrogens (tertiary/aromatic N) is 3. The summed E-state index contributed by atoms with van der Waals surface area (Å²) >= 11 is 0. The van der Waals surface area contributed by atoms with Crippen molar-refractivity contribution in [3.8, 4) is 0 Å². The second kappa shape index (κ2) is 7.39. The zero-order valence-electron chi connectivity index (χ0n) is 13.3. The molecule has 1 aromatic heterocycles. The summed E-state index contributed by atoms with van der Waals surface area (Å²) in [5.41, 5.74) is 0.625. The molecule has 0 unspecified atom stereocenters. The van der Waals surface area contributed by atoms with Gasteiger partial charge in [-0.15, -0.1) is 0 Å². The van der Waals surface area contributed by atoms with E-state index in [9.17, 15) is 14.9 Å². The van der Waals surface area contributed by atoms with E-state index in [0.717, 1.165) is 11.1 Å². The first kappa shape index (κ1) is 16.4. The summed E-state index contributed by atoms with van der Waals surface area (Å²) in [5, 5.41) is 11.4. The number of aromatic nitrogens is 2. The van der Waals surface area contributed by atoms with Gasteiger partial charge in [0, 0.05) is 13.1 Å². The lowest BCUT2D eigenvalue weighted by molar-refractivity contribution is -0.385. The van der Waals surface area contributed by atoms with E-state index in [1.807, 2.05) is 60.7 Å². The molecular formula is C18H16N4O3. The van der Waals surface area contributed by atoms with Crippen molar-refractivity contribution in [2.45, 2.75) is 13.1 Å². The second-order valence-electron chi connectivity index (χ2n) is 5.49. The van der Waals surface area contributed by atoms with Gasteiger partial charge >= 0.3 is 11.2 Å². The lowest BCUT2D eigenvalue weighted by Gasteiger charge is -2.23. The van der Waals surface area contributed by atoms with Crippen LogP contribution >= 0.6 is 0 Å². The molecule has 126 valence electrons. The van der Waals surface area contributed by atoms with Crippen molar-refractivity contribution >= 4 is 11.5 Å². The fraction of sp³-hybridized carbons (Fsp3) is 0.111. The van der Waals surface area contributed by atoms with Gasteiger partial charge in [-0.3, -0.25) is 14.9 Å². The highest BCUT2D eigenvalue weighted by Gasteiger charge is 2.25. The lowest BCUT2D eigenvalue weighted by Crippen LogP contribution is -2.27. The predicted octanol–water partition coefficient (Wildman–Crippen LogP) is 2.88. The first-order chi connectivity index (χ1) is 12.1. The Morgan fingerprint density at radius 3 is 1.96 bits per heavy atom. The van der Waals surface area contributed by atoms with Crippen molar-refractivity contribution in [2.75, 3.05) is 4.90 Å². The molecule has 0 spiro atoms. The third kappa shape index (κ3) is 3.89. The normalized spacial score (nSPS) is 10.4. The molecule has 25 heavy (non-hydrogen) atoms. The summed E-state index contributed by atoms with van der Waals surface area (Å²) in [6.45, 7) is 0.792. The van der Waals surface area contributed by atoms with Gasteiger partial charge < -0.3 is 9.88 Å². The van der Waals surface area contributed by atoms with Crippen molar-refractivity contribution in [3.63, 3.8) is 0 Å². The van der Waals surface area contributed by atoms with Crippen LogP contribution in [0.5, 0.6) is 0 Å². The molecule has 7 nitrogen and oxygen atoms in total. The third-order valence-electron chi connectivity index (χ3n) is 3.72. The maximum atomic E-state index is 11.9. The van der Waals surface area contributed by atoms with Crippen molar-refractivity contribution in [1.29, 1.82) is 0 Å². The molecule has 0 bridgehead atoms. The average Bonchev–Trinajstić information content (AvgIpc) is 2.62. The maximum absolute atomic E-state index is 11.9. The van der Waals surface area contributed by atoms with E-state index in [-0.39, 0.29) is 5.82 Å². The molecule has 0 atom stereocenters. The first-order valence-corrected chi connectivity index (χ1v) is 7.70. The van der Waals surface area contributed by atoms with Gasteiger partial charge in [-0.25, -0.2) is 4.98 Å². The molecule has 0 aliphatic rings. The van der Waals surface area contributed by atoms with E-state index in [1.165, 1.54) is 6.33 Å². The van der Waals surface area contributed by atoms with Crippen LogP contribution in [-0.4, -0.2) is 14.9 Å². The molecule has 0 amide bonds. The SMILES string of the molecule is O=c1[nH]cnc(N(Cc2ccccc2)Cc2ccccc2)c1[N+](=O)[O-]. The van der Waals surface area contributed by atoms with Crippen LogP contribution in [0.4, 0.5) is 11.5 Å². The lowest BCUT2D eigenvalue weighted by atomic mass is 10.1. The third-order valence-corrected chi connectivity index (χ3v) is 3.72. The minimum atomic E-state index is -0.763. The second-order valence-corrected chi connectivity index (χ2v) is 5.49. The van der Waals surface area contributed by atoms with E-state index in [2.05, 4.69) is 9.97 Å². The smallest absolute Gasteiger partial charge is 0.342 e. The van der Waals surface area contributed by atoms with Crippen molar-refractivity contribution in [1.82, 2.24) is 9.97 Å². The van der Waals surface area contributed by atoms with Gasteiger partial charge in [-0.05, 0) is 11.1 Å². The van der Waals surface area contributed by atoms with Crippen LogP contribution in [0, 0.1) is 10.1 Å². The number of rotatable bonds is 6. The minimum absolute atomic E-state index is 0.0569. The van der Waals surface area contributed by atoms with E-state index < -0.39 is 16.2 Å². The Bertz CT molecular complexity index is 869. The number of nitro groups is 1. The summed E-state index contributed by atoms with van der Waals surface area (Å²) in [6, 6.07) is 19.1. The number of benzene rings is 2. The highest BCUT2D eigenvalue weighted by Crippen LogP contribution is 2.24. The quantitative estimate of drug-likeness (QED) is 0.552. The van der Waals surface area contributed by atoms with Gasteiger partial charge in [0.1, 0.15) is 0 Å². The Morgan fingerprint density at radius 2 is 1.48 bits per heavy atom. The molecule has 3 rings (SSSR count). The molecule has 2 aromatic carbocycles. The zero-order valence-corrected chi connectivity index (χ0v) is 13.3. The van der Waals surface area contributed by atoms with E-state index in [4.69, 9.17) is 0 Å². The Balaban J connectivity index is 2.03. The molecule has 1 N–H and O–H groups in total. The standard InChI is InChI=1S/C18H16N4O3/c23-18-16(22(24)25)17(19-13-20-18)21(11-14-7-3-1-4-8-14)12-15-9-5-2-6-10-15/h1-10,13H,11-12H2,(H,19,20,23). The molecule has 0 aliphatic carbocycles. The van der Waals surface area contributed by atoms with Crippen molar-refractivity contribution < 1.29 is 4.92 Å². The van der Waals surface area contributed by atoms with Crippen LogP contribution in [0.15, 0.2) is 71.8 Å². The van der Waals surface area contributed by atoms with Crippen molar-refractivity contribution in [2.24, 2.45) is 0 Å². The van der Waals surface area contributed by atoms with Crippen LogP contribution < -0.4 is 10.5 Å². The zero-order chi connectivity index (χ0) is 17.6. The van der Waals surface area contributed by atoms with Crippen LogP contribution in [-0.2, 0) is 13.1 Å². The fourth-order valence-corrected chi connectivity index (χ4v) is 2.59. The molecule has 1 heterocycles. The van der Waals surface area contributed by atoms with Gasteiger partial charge in [-0.2, -0.15) is 0 Å². The molecule has 0 saturated heterocycles. The summed E-state index contributed by atoms with van der Waals surface area (Å²) in [4.78, 5) is 30.7. The van der Waals surface area contributed by atoms with Crippen LogP contribution in [0.25, 0.3) is 0 Å². The molecule has 7 heteroatoms. The van der Waals surface area contributed by atoms with Crippen molar-refractivity contribution in [3.05, 3.63) is 98.6 Å². The molecule has 3 aromatic rings. The number of nitrogens with one attached hydrogen (secondary N) is 1. The monoisotopic (exact) mass is 336 g/mol. The summed E-state index contributed by atoms with van der Waals surface area (Å²) in [7, 11) is 0. The van der Waals surface area contributed by atoms with Gasteiger partial charge in [0.05, 0.1) is 11.3 Å². The number of hydrogen-bond acceptors (Lipinski definition) is 5. The molecule has 0 aliphatic heterocycles. The summed E-state index contributed by atoms with van der Waals surface area (Å²) in [6.07, 6.45) is 1.19. The van der Waals surface area contributed by atoms with E-state index in [0.29, 0.717) is 13.1 Å². The Morgan fingerprint density at radius 1 is 0.960 bits per heavy atom. The highest BCUT2D eigenvalue weighted by molar-refractivity contribution is 5.56. The summed E-state index contributed by atoms with van der Waals surface area (Å²) < 4.78 is 0. The summed E-state index contributed by atoms with van der Waals surface area (Å²) in [5.74, 6) is 0.0569. The van der Waals surface area contributed by atoms with E-state index >= 15 is 0 Å². The number of aromatic amines is 1. The number of anilines is 1. The number of hydrogen-bond donors (Lipinski definition) is 1. The molecule has 0 saturated carbocycles. The number of H-pyrrole nitrogens is 1. The fourth-order valence-electron chi connectivity index (χ4n) is 2.59. The topological polar surface area (TPSA) is 92.1 Å². The Hall–Kier alpha value is -3.48. The first-order valence-electron chi connectivity index (χ1n) is 7.70.